The van der Waals surface area contributed by atoms with Crippen LogP contribution in [0.5, 0.6) is 0 Å². The van der Waals surface area contributed by atoms with Gasteiger partial charge in [0, 0.05) is 25.9 Å². The lowest BCUT2D eigenvalue weighted by molar-refractivity contribution is -0.0362. The highest BCUT2D eigenvalue weighted by molar-refractivity contribution is 7.90. The summed E-state index contributed by atoms with van der Waals surface area (Å²) in [4.78, 5) is 4.84. The number of nitrogens with zero attached hydrogens (tertiary/aromatic N) is 2. The topological polar surface area (TPSA) is 49.9 Å². The molecule has 0 amide bonds. The van der Waals surface area contributed by atoms with Gasteiger partial charge in [0.15, 0.2) is 9.84 Å². The lowest BCUT2D eigenvalue weighted by Crippen LogP contribution is -2.48. The molecule has 110 valence electrons. The van der Waals surface area contributed by atoms with Crippen LogP contribution in [0.15, 0.2) is 29.2 Å². The molecule has 2 aliphatic rings. The van der Waals surface area contributed by atoms with Crippen LogP contribution in [-0.2, 0) is 14.6 Å². The number of ether oxygens (including phenoxy) is 1. The van der Waals surface area contributed by atoms with Crippen LogP contribution in [0.1, 0.15) is 0 Å². The van der Waals surface area contributed by atoms with Crippen molar-refractivity contribution in [3.8, 4) is 0 Å². The molecule has 3 rings (SSSR count). The highest BCUT2D eigenvalue weighted by Crippen LogP contribution is 2.31. The Bertz CT molecular complexity index is 602. The summed E-state index contributed by atoms with van der Waals surface area (Å²) in [5.74, 6) is 0. The van der Waals surface area contributed by atoms with Crippen LogP contribution in [0, 0.1) is 0 Å². The zero-order chi connectivity index (χ0) is 14.3. The van der Waals surface area contributed by atoms with Gasteiger partial charge in [-0.05, 0) is 19.2 Å². The average Bonchev–Trinajstić information content (AvgIpc) is 2.83. The Morgan fingerprint density at radius 1 is 1.25 bits per heavy atom. The van der Waals surface area contributed by atoms with Gasteiger partial charge in [-0.1, -0.05) is 12.1 Å². The Kier molecular flexibility index (Phi) is 3.48. The summed E-state index contributed by atoms with van der Waals surface area (Å²) in [5.41, 5.74) is 0.793. The van der Waals surface area contributed by atoms with E-state index in [4.69, 9.17) is 4.74 Å². The Balaban J connectivity index is 1.92. The summed E-state index contributed by atoms with van der Waals surface area (Å²) in [5, 5.41) is 0. The van der Waals surface area contributed by atoms with Gasteiger partial charge < -0.3 is 9.64 Å². The first kappa shape index (κ1) is 13.9. The lowest BCUT2D eigenvalue weighted by Gasteiger charge is -2.33. The Morgan fingerprint density at radius 2 is 2.00 bits per heavy atom. The van der Waals surface area contributed by atoms with Crippen molar-refractivity contribution in [2.24, 2.45) is 0 Å². The Morgan fingerprint density at radius 3 is 2.70 bits per heavy atom. The number of benzene rings is 1. The highest BCUT2D eigenvalue weighted by Gasteiger charge is 2.39. The number of anilines is 1. The zero-order valence-electron chi connectivity index (χ0n) is 11.8. The van der Waals surface area contributed by atoms with Crippen LogP contribution >= 0.6 is 0 Å². The van der Waals surface area contributed by atoms with Gasteiger partial charge in [0.05, 0.1) is 29.3 Å². The lowest BCUT2D eigenvalue weighted by atomic mass is 10.1. The molecule has 5 nitrogen and oxygen atoms in total. The molecule has 0 saturated carbocycles. The third-order valence-electron chi connectivity index (χ3n) is 4.18. The molecule has 6 heteroatoms. The van der Waals surface area contributed by atoms with Crippen molar-refractivity contribution < 1.29 is 13.2 Å². The zero-order valence-corrected chi connectivity index (χ0v) is 12.6. The van der Waals surface area contributed by atoms with E-state index in [0.717, 1.165) is 31.9 Å². The van der Waals surface area contributed by atoms with Crippen LogP contribution < -0.4 is 4.90 Å². The summed E-state index contributed by atoms with van der Waals surface area (Å²) in [7, 11) is -1.11. The van der Waals surface area contributed by atoms with Gasteiger partial charge in [-0.3, -0.25) is 4.90 Å². The van der Waals surface area contributed by atoms with E-state index in [0.29, 0.717) is 10.9 Å². The van der Waals surface area contributed by atoms with Gasteiger partial charge in [0.25, 0.3) is 0 Å². The fourth-order valence-electron chi connectivity index (χ4n) is 3.09. The SMILES string of the molecule is CN1CCOC2CN(c3ccccc3S(C)(=O)=O)CC21. The third kappa shape index (κ3) is 2.43. The van der Waals surface area contributed by atoms with Gasteiger partial charge in [-0.15, -0.1) is 0 Å². The molecule has 0 aliphatic carbocycles. The van der Waals surface area contributed by atoms with Crippen molar-refractivity contribution in [2.75, 3.05) is 44.4 Å². The van der Waals surface area contributed by atoms with Crippen molar-refractivity contribution in [3.63, 3.8) is 0 Å². The van der Waals surface area contributed by atoms with Gasteiger partial charge in [-0.2, -0.15) is 0 Å². The first-order chi connectivity index (χ1) is 9.47. The average molecular weight is 296 g/mol. The van der Waals surface area contributed by atoms with E-state index in [-0.39, 0.29) is 6.10 Å². The van der Waals surface area contributed by atoms with Crippen LogP contribution in [-0.4, -0.2) is 65.0 Å². The second kappa shape index (κ2) is 5.02. The number of rotatable bonds is 2. The maximum atomic E-state index is 11.9. The second-order valence-corrected chi connectivity index (χ2v) is 7.59. The largest absolute Gasteiger partial charge is 0.373 e. The van der Waals surface area contributed by atoms with Crippen LogP contribution in [0.25, 0.3) is 0 Å². The number of para-hydroxylation sites is 1. The van der Waals surface area contributed by atoms with Crippen LogP contribution in [0.2, 0.25) is 0 Å². The van der Waals surface area contributed by atoms with E-state index in [1.807, 2.05) is 12.1 Å². The van der Waals surface area contributed by atoms with Gasteiger partial charge in [0.2, 0.25) is 0 Å². The fourth-order valence-corrected chi connectivity index (χ4v) is 3.99. The predicted molar refractivity (Wildman–Crippen MR) is 77.9 cm³/mol. The summed E-state index contributed by atoms with van der Waals surface area (Å²) in [6.45, 7) is 3.25. The quantitative estimate of drug-likeness (QED) is 0.800. The molecule has 1 aromatic rings. The van der Waals surface area contributed by atoms with Gasteiger partial charge in [-0.25, -0.2) is 8.42 Å². The fraction of sp³-hybridized carbons (Fsp3) is 0.571. The van der Waals surface area contributed by atoms with E-state index >= 15 is 0 Å². The van der Waals surface area contributed by atoms with Crippen LogP contribution in [0.3, 0.4) is 0 Å². The molecular formula is C14H20N2O3S. The van der Waals surface area contributed by atoms with E-state index in [1.54, 1.807) is 12.1 Å². The number of likely N-dealkylation sites (N-methyl/N-ethyl adjacent to an activating group) is 1. The molecule has 2 unspecified atom stereocenters. The molecule has 2 atom stereocenters. The minimum Gasteiger partial charge on any atom is -0.373 e. The van der Waals surface area contributed by atoms with Gasteiger partial charge >= 0.3 is 0 Å². The number of morpholine rings is 1. The Labute approximate surface area is 120 Å². The maximum absolute atomic E-state index is 11.9. The number of hydrogen-bond donors (Lipinski definition) is 0. The molecular weight excluding hydrogens is 276 g/mol. The minimum atomic E-state index is -3.21. The number of hydrogen-bond acceptors (Lipinski definition) is 5. The van der Waals surface area contributed by atoms with Gasteiger partial charge in [0.1, 0.15) is 0 Å². The molecule has 0 N–H and O–H groups in total. The van der Waals surface area contributed by atoms with E-state index in [1.165, 1.54) is 6.26 Å². The third-order valence-corrected chi connectivity index (χ3v) is 5.33. The summed E-state index contributed by atoms with van der Waals surface area (Å²) < 4.78 is 29.7. The van der Waals surface area contributed by atoms with Crippen molar-refractivity contribution in [1.82, 2.24) is 4.90 Å². The molecule has 2 heterocycles. The molecule has 2 aliphatic heterocycles. The summed E-state index contributed by atoms with van der Waals surface area (Å²) in [6, 6.07) is 7.56. The Hall–Kier alpha value is -1.11. The maximum Gasteiger partial charge on any atom is 0.177 e. The molecule has 0 spiro atoms. The minimum absolute atomic E-state index is 0.168. The molecule has 0 aromatic heterocycles. The predicted octanol–water partition coefficient (Wildman–Crippen LogP) is 0.609. The standard InChI is InChI=1S/C14H20N2O3S/c1-15-7-8-19-13-10-16(9-12(13)15)11-5-3-4-6-14(11)20(2,17)18/h3-6,12-13H,7-10H2,1-2H3. The molecule has 1 aromatic carbocycles. The molecule has 2 saturated heterocycles. The first-order valence-electron chi connectivity index (χ1n) is 6.82. The van der Waals surface area contributed by atoms with Crippen molar-refractivity contribution in [3.05, 3.63) is 24.3 Å². The van der Waals surface area contributed by atoms with Crippen molar-refractivity contribution in [2.45, 2.75) is 17.0 Å². The molecule has 0 bridgehead atoms. The van der Waals surface area contributed by atoms with E-state index in [2.05, 4.69) is 16.8 Å². The number of sulfone groups is 1. The summed E-state index contributed by atoms with van der Waals surface area (Å²) >= 11 is 0. The van der Waals surface area contributed by atoms with E-state index < -0.39 is 9.84 Å². The molecule has 2 fully saturated rings. The molecule has 20 heavy (non-hydrogen) atoms. The van der Waals surface area contributed by atoms with Crippen molar-refractivity contribution in [1.29, 1.82) is 0 Å². The first-order valence-corrected chi connectivity index (χ1v) is 8.72. The summed E-state index contributed by atoms with van der Waals surface area (Å²) in [6.07, 6.45) is 1.43. The smallest absolute Gasteiger partial charge is 0.177 e. The number of fused-ring (bicyclic) bond motifs is 1. The van der Waals surface area contributed by atoms with Crippen LogP contribution in [0.4, 0.5) is 5.69 Å². The van der Waals surface area contributed by atoms with E-state index in [9.17, 15) is 8.42 Å². The monoisotopic (exact) mass is 296 g/mol. The highest BCUT2D eigenvalue weighted by atomic mass is 32.2. The van der Waals surface area contributed by atoms with Crippen molar-refractivity contribution >= 4 is 15.5 Å². The normalized spacial score (nSPS) is 27.6. The second-order valence-electron chi connectivity index (χ2n) is 5.60. The molecule has 0 radical (unpaired) electrons.